The molecule has 0 aromatic heterocycles. The van der Waals surface area contributed by atoms with Crippen LogP contribution in [0.25, 0.3) is 0 Å². The highest BCUT2D eigenvalue weighted by Gasteiger charge is 2.08. The number of carbonyl (C=O) groups is 1. The summed E-state index contributed by atoms with van der Waals surface area (Å²) in [4.78, 5) is 15.7. The maximum Gasteiger partial charge on any atom is 0.159 e. The van der Waals surface area contributed by atoms with Gasteiger partial charge in [0.15, 0.2) is 11.0 Å². The Bertz CT molecular complexity index is 487. The van der Waals surface area contributed by atoms with Crippen LogP contribution in [0.5, 0.6) is 5.75 Å². The number of hydrogen-bond acceptors (Lipinski definition) is 4. The molecule has 0 unspecified atom stereocenters. The van der Waals surface area contributed by atoms with E-state index in [1.54, 1.807) is 13.0 Å². The van der Waals surface area contributed by atoms with Crippen molar-refractivity contribution in [3.63, 3.8) is 0 Å². The number of rotatable bonds is 7. The van der Waals surface area contributed by atoms with E-state index in [2.05, 4.69) is 11.9 Å². The fourth-order valence-electron chi connectivity index (χ4n) is 1.63. The molecule has 0 saturated carbocycles. The first-order valence-corrected chi connectivity index (χ1v) is 7.76. The third kappa shape index (κ3) is 5.25. The van der Waals surface area contributed by atoms with Crippen molar-refractivity contribution in [1.82, 2.24) is 0 Å². The molecule has 0 bridgehead atoms. The van der Waals surface area contributed by atoms with Crippen molar-refractivity contribution in [3.05, 3.63) is 29.3 Å². The Balaban J connectivity index is 2.84. The molecule has 1 aromatic carbocycles. The Labute approximate surface area is 124 Å². The lowest BCUT2D eigenvalue weighted by atomic mass is 10.1. The summed E-state index contributed by atoms with van der Waals surface area (Å²) in [5.74, 6) is 1.50. The topological polar surface area (TPSA) is 64.7 Å². The number of benzene rings is 1. The molecule has 20 heavy (non-hydrogen) atoms. The van der Waals surface area contributed by atoms with Gasteiger partial charge in [0.1, 0.15) is 5.75 Å². The maximum absolute atomic E-state index is 11.5. The van der Waals surface area contributed by atoms with Crippen molar-refractivity contribution in [2.45, 2.75) is 32.9 Å². The molecule has 110 valence electrons. The van der Waals surface area contributed by atoms with E-state index in [-0.39, 0.29) is 5.78 Å². The molecule has 0 aliphatic heterocycles. The number of ether oxygens (including phenoxy) is 1. The Morgan fingerprint density at radius 1 is 1.40 bits per heavy atom. The van der Waals surface area contributed by atoms with E-state index in [4.69, 9.17) is 10.5 Å². The zero-order valence-corrected chi connectivity index (χ0v) is 13.1. The number of carbonyl (C=O) groups excluding carboxylic acids is 1. The van der Waals surface area contributed by atoms with Gasteiger partial charge in [0.2, 0.25) is 0 Å². The number of thioether (sulfide) groups is 1. The second kappa shape index (κ2) is 8.64. The van der Waals surface area contributed by atoms with Gasteiger partial charge in [-0.05, 0) is 38.5 Å². The van der Waals surface area contributed by atoms with Crippen LogP contribution in [0.1, 0.15) is 43.1 Å². The second-order valence-corrected chi connectivity index (χ2v) is 5.32. The first-order chi connectivity index (χ1) is 9.58. The zero-order valence-electron chi connectivity index (χ0n) is 12.3. The van der Waals surface area contributed by atoms with E-state index in [1.165, 1.54) is 11.8 Å². The lowest BCUT2D eigenvalue weighted by Gasteiger charge is -2.11. The lowest BCUT2D eigenvalue weighted by molar-refractivity contribution is 0.101. The molecule has 2 N–H and O–H groups in total. The third-order valence-electron chi connectivity index (χ3n) is 2.63. The van der Waals surface area contributed by atoms with Crippen LogP contribution in [0, 0.1) is 0 Å². The summed E-state index contributed by atoms with van der Waals surface area (Å²) in [5, 5.41) is 0.572. The monoisotopic (exact) mass is 294 g/mol. The van der Waals surface area contributed by atoms with Crippen LogP contribution < -0.4 is 10.5 Å². The van der Waals surface area contributed by atoms with E-state index < -0.39 is 0 Å². The van der Waals surface area contributed by atoms with Crippen molar-refractivity contribution in [1.29, 1.82) is 0 Å². The van der Waals surface area contributed by atoms with Crippen LogP contribution in [0.15, 0.2) is 23.2 Å². The van der Waals surface area contributed by atoms with Gasteiger partial charge in [0, 0.05) is 23.4 Å². The van der Waals surface area contributed by atoms with Gasteiger partial charge < -0.3 is 10.5 Å². The molecule has 0 atom stereocenters. The lowest BCUT2D eigenvalue weighted by Crippen LogP contribution is -2.08. The van der Waals surface area contributed by atoms with Gasteiger partial charge in [-0.25, -0.2) is 0 Å². The number of nitrogens with zero attached hydrogens (tertiary/aromatic N) is 1. The highest BCUT2D eigenvalue weighted by atomic mass is 32.2. The first kappa shape index (κ1) is 16.6. The van der Waals surface area contributed by atoms with Gasteiger partial charge in [-0.1, -0.05) is 18.7 Å². The van der Waals surface area contributed by atoms with Crippen LogP contribution in [-0.2, 0) is 5.75 Å². The fraction of sp³-hybridized carbons (Fsp3) is 0.467. The third-order valence-corrected chi connectivity index (χ3v) is 3.51. The predicted molar refractivity (Wildman–Crippen MR) is 85.7 cm³/mol. The number of Topliss-reactive ketones (excluding diaryl/α,β-unsaturated/α-hetero) is 1. The highest BCUT2D eigenvalue weighted by molar-refractivity contribution is 8.13. The minimum absolute atomic E-state index is 0.0481. The van der Waals surface area contributed by atoms with E-state index in [0.29, 0.717) is 23.1 Å². The van der Waals surface area contributed by atoms with Crippen LogP contribution in [0.4, 0.5) is 0 Å². The maximum atomic E-state index is 11.5. The number of hydrogen-bond donors (Lipinski definition) is 1. The van der Waals surface area contributed by atoms with Crippen molar-refractivity contribution in [2.75, 3.05) is 13.2 Å². The average Bonchev–Trinajstić information content (AvgIpc) is 2.44. The fourth-order valence-corrected chi connectivity index (χ4v) is 2.34. The van der Waals surface area contributed by atoms with Gasteiger partial charge >= 0.3 is 0 Å². The molecule has 0 saturated heterocycles. The number of nitrogens with two attached hydrogens (primary N) is 1. The number of ketones is 1. The number of aliphatic imine (C=N–C) groups is 1. The van der Waals surface area contributed by atoms with E-state index >= 15 is 0 Å². The van der Waals surface area contributed by atoms with Gasteiger partial charge in [-0.15, -0.1) is 0 Å². The van der Waals surface area contributed by atoms with Gasteiger partial charge in [-0.2, -0.15) is 0 Å². The highest BCUT2D eigenvalue weighted by Crippen LogP contribution is 2.25. The standard InChI is InChI=1S/C15H22N2O2S/c1-4-8-17-15(16)20-10-13-9-12(11(3)18)6-7-14(13)19-5-2/h6-7,9H,4-5,8,10H2,1-3H3,(H2,16,17). The predicted octanol–water partition coefficient (Wildman–Crippen LogP) is 3.25. The Hall–Kier alpha value is -1.49. The van der Waals surface area contributed by atoms with Crippen LogP contribution in [-0.4, -0.2) is 24.1 Å². The minimum atomic E-state index is 0.0481. The molecule has 1 aromatic rings. The Morgan fingerprint density at radius 2 is 2.15 bits per heavy atom. The van der Waals surface area contributed by atoms with Gasteiger partial charge in [-0.3, -0.25) is 9.79 Å². The summed E-state index contributed by atoms with van der Waals surface area (Å²) < 4.78 is 5.58. The summed E-state index contributed by atoms with van der Waals surface area (Å²) in [6.07, 6.45) is 0.977. The molecule has 1 rings (SSSR count). The summed E-state index contributed by atoms with van der Waals surface area (Å²) in [6.45, 7) is 6.89. The molecule has 0 radical (unpaired) electrons. The molecule has 0 aliphatic carbocycles. The average molecular weight is 294 g/mol. The molecular formula is C15H22N2O2S. The molecule has 0 heterocycles. The van der Waals surface area contributed by atoms with E-state index in [1.807, 2.05) is 19.1 Å². The molecule has 4 nitrogen and oxygen atoms in total. The Morgan fingerprint density at radius 3 is 2.75 bits per heavy atom. The quantitative estimate of drug-likeness (QED) is 0.476. The van der Waals surface area contributed by atoms with Crippen LogP contribution in [0.2, 0.25) is 0 Å². The largest absolute Gasteiger partial charge is 0.494 e. The molecular weight excluding hydrogens is 272 g/mol. The van der Waals surface area contributed by atoms with E-state index in [0.717, 1.165) is 24.3 Å². The summed E-state index contributed by atoms with van der Waals surface area (Å²) >= 11 is 1.47. The van der Waals surface area contributed by atoms with Crippen LogP contribution in [0.3, 0.4) is 0 Å². The van der Waals surface area contributed by atoms with Crippen LogP contribution >= 0.6 is 11.8 Å². The van der Waals surface area contributed by atoms with Crippen molar-refractivity contribution < 1.29 is 9.53 Å². The van der Waals surface area contributed by atoms with Crippen molar-refractivity contribution in [3.8, 4) is 5.75 Å². The van der Waals surface area contributed by atoms with Gasteiger partial charge in [0.25, 0.3) is 0 Å². The minimum Gasteiger partial charge on any atom is -0.494 e. The van der Waals surface area contributed by atoms with Gasteiger partial charge in [0.05, 0.1) is 6.61 Å². The molecule has 5 heteroatoms. The summed E-state index contributed by atoms with van der Waals surface area (Å²) in [5.41, 5.74) is 7.49. The molecule has 0 amide bonds. The van der Waals surface area contributed by atoms with Crippen molar-refractivity contribution in [2.24, 2.45) is 10.7 Å². The second-order valence-electron chi connectivity index (χ2n) is 4.32. The Kier molecular flexibility index (Phi) is 7.15. The smallest absolute Gasteiger partial charge is 0.159 e. The summed E-state index contributed by atoms with van der Waals surface area (Å²) in [7, 11) is 0. The molecule has 0 fully saturated rings. The first-order valence-electron chi connectivity index (χ1n) is 6.77. The number of amidine groups is 1. The zero-order chi connectivity index (χ0) is 15.0. The van der Waals surface area contributed by atoms with Crippen molar-refractivity contribution >= 4 is 22.7 Å². The van der Waals surface area contributed by atoms with E-state index in [9.17, 15) is 4.79 Å². The normalized spacial score (nSPS) is 11.4. The molecule has 0 spiro atoms. The molecule has 0 aliphatic rings. The summed E-state index contributed by atoms with van der Waals surface area (Å²) in [6, 6.07) is 5.50. The SMILES string of the molecule is CCCN=C(N)SCc1cc(C(C)=O)ccc1OCC.